The number of halogens is 3. The Morgan fingerprint density at radius 2 is 1.63 bits per heavy atom. The molecule has 1 saturated carbocycles. The molecule has 9 heteroatoms. The molecule has 5 aliphatic rings. The van der Waals surface area contributed by atoms with Crippen molar-refractivity contribution in [1.82, 2.24) is 20.9 Å². The van der Waals surface area contributed by atoms with Gasteiger partial charge in [-0.25, -0.2) is 13.2 Å². The minimum absolute atomic E-state index is 0.0365. The van der Waals surface area contributed by atoms with Gasteiger partial charge in [0, 0.05) is 88.5 Å². The van der Waals surface area contributed by atoms with E-state index in [1.165, 1.54) is 41.5 Å². The van der Waals surface area contributed by atoms with Gasteiger partial charge in [-0.1, -0.05) is 139 Å². The van der Waals surface area contributed by atoms with Gasteiger partial charge < -0.3 is 31.5 Å². The molecule has 3 fully saturated rings. The van der Waals surface area contributed by atoms with Crippen molar-refractivity contribution >= 4 is 22.8 Å². The van der Waals surface area contributed by atoms with Crippen molar-refractivity contribution in [2.24, 2.45) is 0 Å². The lowest BCUT2D eigenvalue weighted by Gasteiger charge is -2.49. The topological polar surface area (TPSA) is 63.4 Å². The fourth-order valence-corrected chi connectivity index (χ4v) is 11.0. The van der Waals surface area contributed by atoms with Crippen molar-refractivity contribution in [3.8, 4) is 11.8 Å². The highest BCUT2D eigenvalue weighted by Gasteiger charge is 2.65. The van der Waals surface area contributed by atoms with E-state index in [9.17, 15) is 8.78 Å². The number of benzene rings is 4. The van der Waals surface area contributed by atoms with Crippen molar-refractivity contribution in [2.75, 3.05) is 23.7 Å². The second-order valence-electron chi connectivity index (χ2n) is 19.3. The van der Waals surface area contributed by atoms with Gasteiger partial charge in [-0.15, -0.1) is 0 Å². The second kappa shape index (κ2) is 23.0. The summed E-state index contributed by atoms with van der Waals surface area (Å²) in [5.41, 5.74) is 15.5. The Labute approximate surface area is 417 Å². The van der Waals surface area contributed by atoms with Crippen LogP contribution in [-0.2, 0) is 12.0 Å². The number of hydrogen-bond donors (Lipinski definition) is 5. The van der Waals surface area contributed by atoms with Gasteiger partial charge in [0.05, 0.1) is 11.5 Å². The van der Waals surface area contributed by atoms with Crippen LogP contribution in [0.2, 0.25) is 0 Å². The molecular weight excluding hydrogens is 874 g/mol. The number of nitrogens with one attached hydrogen (secondary N) is 5. The van der Waals surface area contributed by atoms with E-state index in [0.29, 0.717) is 0 Å². The summed E-state index contributed by atoms with van der Waals surface area (Å²) in [4.78, 5) is 2.35. The molecule has 3 atom stereocenters. The standard InChI is InChI=1S/C31H34N4.C25H29FN2.C3H6F2.C2H6/c1-6-32-28-17-15-26(16-18-28)23(3)33-20-9-7-8-11-27-12-10-13-29-25(5)35(21-30(27)29)31-19-14-22(2)34-24(31)4;1-16-10-11-20-22(14-16)28-18(3)25(20)21(19-9-7-8-17(2)23(19)26)15-27-24(25)12-5-4-6-13-24;1-3(2,4)5;1-2/h6,10,12-13,15-18,31-34H,1-5,7,9,14,19-21H2;7-11,14,21,27-28H,3-6,12-13,15H2,1-2H3;1-2H3;1-2H3. The number of anilines is 2. The largest absolute Gasteiger partial charge is 0.385 e. The molecule has 4 aromatic rings. The third-order valence-electron chi connectivity index (χ3n) is 14.1. The minimum Gasteiger partial charge on any atom is -0.385 e. The molecule has 4 heterocycles. The third-order valence-corrected chi connectivity index (χ3v) is 14.1. The van der Waals surface area contributed by atoms with Crippen LogP contribution in [0.25, 0.3) is 11.4 Å². The number of hydrogen-bond acceptors (Lipinski definition) is 6. The molecule has 0 aromatic heterocycles. The van der Waals surface area contributed by atoms with Crippen molar-refractivity contribution in [3.63, 3.8) is 0 Å². The summed E-state index contributed by atoms with van der Waals surface area (Å²) >= 11 is 0. The summed E-state index contributed by atoms with van der Waals surface area (Å²) in [6.07, 6.45) is 11.3. The maximum Gasteiger partial charge on any atom is 0.242 e. The molecule has 0 amide bonds. The Morgan fingerprint density at radius 3 is 2.31 bits per heavy atom. The number of unbranched alkanes of at least 4 members (excludes halogenated alkanes) is 1. The highest BCUT2D eigenvalue weighted by atomic mass is 19.3. The normalized spacial score (nSPS) is 20.4. The Kier molecular flexibility index (Phi) is 17.4. The fraction of sp³-hybridized carbons (Fsp3) is 0.377. The maximum absolute atomic E-state index is 15.3. The van der Waals surface area contributed by atoms with Crippen LogP contribution < -0.4 is 26.6 Å². The van der Waals surface area contributed by atoms with Gasteiger partial charge in [0.1, 0.15) is 5.82 Å². The van der Waals surface area contributed by atoms with E-state index in [0.717, 1.165) is 134 Å². The van der Waals surface area contributed by atoms with Gasteiger partial charge in [0.2, 0.25) is 5.92 Å². The van der Waals surface area contributed by atoms with Crippen LogP contribution in [-0.4, -0.2) is 35.5 Å². The first-order chi connectivity index (χ1) is 33.5. The summed E-state index contributed by atoms with van der Waals surface area (Å²) in [5, 5.41) is 17.3. The van der Waals surface area contributed by atoms with Gasteiger partial charge >= 0.3 is 0 Å². The summed E-state index contributed by atoms with van der Waals surface area (Å²) in [6, 6.07) is 27.2. The molecule has 6 nitrogen and oxygen atoms in total. The maximum atomic E-state index is 15.3. The number of rotatable bonds is 9. The molecule has 2 saturated heterocycles. The van der Waals surface area contributed by atoms with Crippen molar-refractivity contribution in [3.05, 3.63) is 192 Å². The molecule has 9 rings (SSSR count). The van der Waals surface area contributed by atoms with Gasteiger partial charge in [0.15, 0.2) is 0 Å². The van der Waals surface area contributed by atoms with E-state index < -0.39 is 5.92 Å². The minimum atomic E-state index is -2.50. The highest BCUT2D eigenvalue weighted by Crippen LogP contribution is 2.63. The van der Waals surface area contributed by atoms with E-state index in [1.807, 2.05) is 63.2 Å². The van der Waals surface area contributed by atoms with Crippen molar-refractivity contribution < 1.29 is 13.2 Å². The number of nitrogens with zero attached hydrogens (tertiary/aromatic N) is 1. The van der Waals surface area contributed by atoms with E-state index in [-0.39, 0.29) is 28.7 Å². The van der Waals surface area contributed by atoms with Gasteiger partial charge in [-0.3, -0.25) is 0 Å². The molecule has 2 spiro atoms. The van der Waals surface area contributed by atoms with Gasteiger partial charge in [-0.2, -0.15) is 0 Å². The Morgan fingerprint density at radius 1 is 0.929 bits per heavy atom. The third kappa shape index (κ3) is 11.5. The predicted molar refractivity (Wildman–Crippen MR) is 290 cm³/mol. The van der Waals surface area contributed by atoms with E-state index in [2.05, 4.69) is 126 Å². The van der Waals surface area contributed by atoms with Crippen molar-refractivity contribution in [1.29, 1.82) is 0 Å². The molecular formula is C61H75F3N6. The molecule has 0 radical (unpaired) electrons. The van der Waals surface area contributed by atoms with Crippen LogP contribution in [0.4, 0.5) is 24.5 Å². The van der Waals surface area contributed by atoms with Crippen LogP contribution in [0.3, 0.4) is 0 Å². The summed E-state index contributed by atoms with van der Waals surface area (Å²) in [6.45, 7) is 37.2. The Hall–Kier alpha value is -6.37. The average molecular weight is 949 g/mol. The van der Waals surface area contributed by atoms with E-state index in [1.54, 1.807) is 6.20 Å². The van der Waals surface area contributed by atoms with Crippen molar-refractivity contribution in [2.45, 2.75) is 135 Å². The molecule has 1 aliphatic carbocycles. The van der Waals surface area contributed by atoms with Crippen LogP contribution in [0.15, 0.2) is 142 Å². The molecule has 3 unspecified atom stereocenters. The van der Waals surface area contributed by atoms with E-state index in [4.69, 9.17) is 0 Å². The smallest absolute Gasteiger partial charge is 0.242 e. The quantitative estimate of drug-likeness (QED) is 0.0851. The zero-order valence-electron chi connectivity index (χ0n) is 42.5. The number of piperidine rings is 1. The summed E-state index contributed by atoms with van der Waals surface area (Å²) in [5.74, 6) is 4.25. The number of fused-ring (bicyclic) bond motifs is 4. The first-order valence-electron chi connectivity index (χ1n) is 25.0. The van der Waals surface area contributed by atoms with Gasteiger partial charge in [0.25, 0.3) is 0 Å². The molecule has 370 valence electrons. The Bertz CT molecular complexity index is 2630. The zero-order valence-corrected chi connectivity index (χ0v) is 42.5. The number of alkyl halides is 2. The van der Waals surface area contributed by atoms with Crippen LogP contribution >= 0.6 is 0 Å². The van der Waals surface area contributed by atoms with Crippen LogP contribution in [0.1, 0.15) is 136 Å². The first-order valence-corrected chi connectivity index (χ1v) is 25.0. The Balaban J connectivity index is 0.000000206. The molecule has 0 bridgehead atoms. The lowest BCUT2D eigenvalue weighted by Crippen LogP contribution is -2.56. The summed E-state index contributed by atoms with van der Waals surface area (Å²) in [7, 11) is 0. The molecule has 5 N–H and O–H groups in total. The fourth-order valence-electron chi connectivity index (χ4n) is 11.0. The summed E-state index contributed by atoms with van der Waals surface area (Å²) < 4.78 is 37.4. The lowest BCUT2D eigenvalue weighted by atomic mass is 9.55. The number of aryl methyl sites for hydroxylation is 2. The first kappa shape index (κ1) is 53.0. The predicted octanol–water partition coefficient (Wildman–Crippen LogP) is 14.6. The van der Waals surface area contributed by atoms with Gasteiger partial charge in [-0.05, 0) is 124 Å². The zero-order chi connectivity index (χ0) is 50.8. The van der Waals surface area contributed by atoms with Crippen LogP contribution in [0.5, 0.6) is 0 Å². The van der Waals surface area contributed by atoms with Crippen LogP contribution in [0, 0.1) is 31.5 Å². The SMILES string of the molecule is C=C1Nc2cc(C)ccc2C12C(c1cccc(C)c1F)CNC21CCCCC1.C=CNc1ccc(C(=C)NCCCC#Cc2cccc3c2CN(C2CCC(=C)NC2=C)C3=C)cc1.CC.CC(C)(F)F. The lowest BCUT2D eigenvalue weighted by molar-refractivity contribution is 0.0437. The van der Waals surface area contributed by atoms with E-state index >= 15 is 4.39 Å². The molecule has 4 aliphatic heterocycles. The average Bonchev–Trinajstić information content (AvgIpc) is 3.94. The molecule has 4 aromatic carbocycles. The highest BCUT2D eigenvalue weighted by molar-refractivity contribution is 5.74. The molecule has 70 heavy (non-hydrogen) atoms. The second-order valence-corrected chi connectivity index (χ2v) is 19.3. The number of allylic oxidation sites excluding steroid dienone is 1. The monoisotopic (exact) mass is 949 g/mol.